The molecule has 1 N–H and O–H groups in total. The molecule has 100 valence electrons. The van der Waals surface area contributed by atoms with Crippen molar-refractivity contribution in [1.29, 1.82) is 0 Å². The second kappa shape index (κ2) is 6.08. The van der Waals surface area contributed by atoms with E-state index in [0.29, 0.717) is 0 Å². The number of anilines is 1. The van der Waals surface area contributed by atoms with Gasteiger partial charge in [0.2, 0.25) is 0 Å². The molecule has 1 aliphatic rings. The molecule has 6 heteroatoms. The van der Waals surface area contributed by atoms with Crippen LogP contribution in [0.5, 0.6) is 0 Å². The summed E-state index contributed by atoms with van der Waals surface area (Å²) in [5.41, 5.74) is 5.86. The van der Waals surface area contributed by atoms with Crippen molar-refractivity contribution in [3.63, 3.8) is 0 Å². The van der Waals surface area contributed by atoms with Gasteiger partial charge in [-0.2, -0.15) is 20.9 Å². The zero-order valence-corrected chi connectivity index (χ0v) is 14.6. The number of nitrogens with one attached hydrogen (secondary N) is 1. The minimum absolute atomic E-state index is 0.822. The highest BCUT2D eigenvalue weighted by atomic mass is 127. The summed E-state index contributed by atoms with van der Waals surface area (Å²) in [4.78, 5) is 0. The molecule has 0 bridgehead atoms. The smallest absolute Gasteiger partial charge is 0.112 e. The van der Waals surface area contributed by atoms with Gasteiger partial charge in [0.25, 0.3) is 0 Å². The van der Waals surface area contributed by atoms with Gasteiger partial charge in [-0.3, -0.25) is 0 Å². The van der Waals surface area contributed by atoms with E-state index in [9.17, 15) is 0 Å². The Labute approximate surface area is 144 Å². The summed E-state index contributed by atoms with van der Waals surface area (Å²) >= 11 is 4.59. The maximum Gasteiger partial charge on any atom is 0.112 e. The zero-order valence-electron chi connectivity index (χ0n) is 10.3. The fourth-order valence-electron chi connectivity index (χ4n) is 1.82. The Morgan fingerprint density at radius 3 is 2.20 bits per heavy atom. The van der Waals surface area contributed by atoms with E-state index in [2.05, 4.69) is 60.9 Å². The molecule has 1 heterocycles. The van der Waals surface area contributed by atoms with Crippen LogP contribution >= 0.6 is 45.2 Å². The molecule has 4 nitrogen and oxygen atoms in total. The van der Waals surface area contributed by atoms with Crippen LogP contribution in [0.2, 0.25) is 0 Å². The summed E-state index contributed by atoms with van der Waals surface area (Å²) in [6, 6.07) is 16.1. The first kappa shape index (κ1) is 13.8. The Hall–Kier alpha value is -1.16. The fourth-order valence-corrected chi connectivity index (χ4v) is 3.78. The normalized spacial score (nSPS) is 13.9. The van der Waals surface area contributed by atoms with Crippen molar-refractivity contribution in [3.05, 3.63) is 61.2 Å². The highest BCUT2D eigenvalue weighted by Gasteiger charge is 2.15. The third kappa shape index (κ3) is 2.80. The number of benzene rings is 2. The molecule has 2 aromatic carbocycles. The van der Waals surface area contributed by atoms with Crippen LogP contribution in [0.25, 0.3) is 0 Å². The minimum atomic E-state index is 0.822. The molecule has 0 fully saturated rings. The number of para-hydroxylation sites is 1. The number of hydrazone groups is 2. The van der Waals surface area contributed by atoms with Crippen LogP contribution < -0.4 is 10.7 Å². The molecule has 0 saturated heterocycles. The predicted molar refractivity (Wildman–Crippen MR) is 99.0 cm³/mol. The van der Waals surface area contributed by atoms with Crippen molar-refractivity contribution >= 4 is 62.8 Å². The lowest BCUT2D eigenvalue weighted by Crippen LogP contribution is -2.35. The maximum absolute atomic E-state index is 4.44. The maximum atomic E-state index is 4.44. The highest BCUT2D eigenvalue weighted by molar-refractivity contribution is 14.1. The van der Waals surface area contributed by atoms with E-state index < -0.39 is 0 Å². The summed E-state index contributed by atoms with van der Waals surface area (Å²) in [7, 11) is 0. The van der Waals surface area contributed by atoms with Crippen LogP contribution in [0.3, 0.4) is 0 Å². The standard InChI is InChI=1S/C14H10I2N4/c15-11-7-4-8-12(16)14(11)20-17-9-13(18-19-20)10-5-2-1-3-6-10/h1-9,19H. The fraction of sp³-hybridized carbons (Fsp3) is 0. The molecule has 20 heavy (non-hydrogen) atoms. The molecule has 0 saturated carbocycles. The van der Waals surface area contributed by atoms with Gasteiger partial charge in [-0.05, 0) is 57.3 Å². The molecule has 2 aromatic rings. The highest BCUT2D eigenvalue weighted by Crippen LogP contribution is 2.28. The van der Waals surface area contributed by atoms with Gasteiger partial charge in [0.05, 0.1) is 6.21 Å². The average Bonchev–Trinajstić information content (AvgIpc) is 2.49. The van der Waals surface area contributed by atoms with Crippen LogP contribution in [-0.2, 0) is 0 Å². The monoisotopic (exact) mass is 488 g/mol. The number of nitrogens with zero attached hydrogens (tertiary/aromatic N) is 3. The lowest BCUT2D eigenvalue weighted by atomic mass is 10.1. The van der Waals surface area contributed by atoms with Crippen molar-refractivity contribution in [2.75, 3.05) is 5.12 Å². The van der Waals surface area contributed by atoms with E-state index in [0.717, 1.165) is 24.1 Å². The lowest BCUT2D eigenvalue weighted by Gasteiger charge is -2.23. The topological polar surface area (TPSA) is 40.0 Å². The Bertz CT molecular complexity index is 663. The number of hydrogen-bond donors (Lipinski definition) is 1. The summed E-state index contributed by atoms with van der Waals surface area (Å²) < 4.78 is 2.25. The minimum Gasteiger partial charge on any atom is -0.197 e. The summed E-state index contributed by atoms with van der Waals surface area (Å²) in [5.74, 6) is 0. The second-order valence-corrected chi connectivity index (χ2v) is 6.41. The molecule has 0 spiro atoms. The number of rotatable bonds is 2. The Morgan fingerprint density at radius 1 is 0.900 bits per heavy atom. The molecule has 0 radical (unpaired) electrons. The van der Waals surface area contributed by atoms with Crippen molar-refractivity contribution in [1.82, 2.24) is 5.53 Å². The van der Waals surface area contributed by atoms with Crippen molar-refractivity contribution in [2.45, 2.75) is 0 Å². The molecule has 0 aliphatic carbocycles. The summed E-state index contributed by atoms with van der Waals surface area (Å²) in [6.45, 7) is 0. The Balaban J connectivity index is 1.86. The average molecular weight is 488 g/mol. The first-order chi connectivity index (χ1) is 9.75. The van der Waals surface area contributed by atoms with E-state index in [1.54, 1.807) is 11.3 Å². The van der Waals surface area contributed by atoms with Gasteiger partial charge in [-0.15, -0.1) is 0 Å². The van der Waals surface area contributed by atoms with Gasteiger partial charge in [0.15, 0.2) is 0 Å². The third-order valence-corrected chi connectivity index (χ3v) is 4.52. The summed E-state index contributed by atoms with van der Waals surface area (Å²) in [5, 5.41) is 10.5. The van der Waals surface area contributed by atoms with Gasteiger partial charge in [0.1, 0.15) is 11.4 Å². The van der Waals surface area contributed by atoms with Gasteiger partial charge >= 0.3 is 0 Å². The Kier molecular flexibility index (Phi) is 4.20. The Morgan fingerprint density at radius 2 is 1.60 bits per heavy atom. The van der Waals surface area contributed by atoms with Crippen LogP contribution in [0.4, 0.5) is 5.69 Å². The molecule has 0 unspecified atom stereocenters. The summed E-state index contributed by atoms with van der Waals surface area (Å²) in [6.07, 6.45) is 1.77. The van der Waals surface area contributed by atoms with E-state index in [1.165, 1.54) is 0 Å². The molecule has 0 atom stereocenters. The van der Waals surface area contributed by atoms with Crippen LogP contribution in [0.1, 0.15) is 5.56 Å². The first-order valence-corrected chi connectivity index (χ1v) is 8.08. The van der Waals surface area contributed by atoms with E-state index in [4.69, 9.17) is 0 Å². The van der Waals surface area contributed by atoms with E-state index in [-0.39, 0.29) is 0 Å². The largest absolute Gasteiger partial charge is 0.197 e. The van der Waals surface area contributed by atoms with Crippen molar-refractivity contribution in [2.24, 2.45) is 10.2 Å². The van der Waals surface area contributed by atoms with Crippen LogP contribution in [-0.4, -0.2) is 11.9 Å². The molecule has 1 aliphatic heterocycles. The lowest BCUT2D eigenvalue weighted by molar-refractivity contribution is 0.676. The van der Waals surface area contributed by atoms with Gasteiger partial charge in [-0.25, -0.2) is 0 Å². The van der Waals surface area contributed by atoms with E-state index >= 15 is 0 Å². The molecular weight excluding hydrogens is 478 g/mol. The van der Waals surface area contributed by atoms with E-state index in [1.807, 2.05) is 48.5 Å². The number of halogens is 2. The third-order valence-electron chi connectivity index (χ3n) is 2.78. The first-order valence-electron chi connectivity index (χ1n) is 5.92. The van der Waals surface area contributed by atoms with Crippen molar-refractivity contribution < 1.29 is 0 Å². The second-order valence-electron chi connectivity index (χ2n) is 4.09. The van der Waals surface area contributed by atoms with Crippen molar-refractivity contribution in [3.8, 4) is 0 Å². The molecule has 0 aromatic heterocycles. The molecular formula is C14H10I2N4. The SMILES string of the molecule is Ic1cccc(I)c1N1N=CC(c2ccccc2)=NN1. The van der Waals surface area contributed by atoms with Gasteiger partial charge < -0.3 is 0 Å². The van der Waals surface area contributed by atoms with Crippen LogP contribution in [0, 0.1) is 7.14 Å². The van der Waals surface area contributed by atoms with Crippen LogP contribution in [0.15, 0.2) is 58.7 Å². The number of hydrazine groups is 1. The molecule has 0 amide bonds. The van der Waals surface area contributed by atoms with Gasteiger partial charge in [0, 0.05) is 12.7 Å². The van der Waals surface area contributed by atoms with Gasteiger partial charge in [-0.1, -0.05) is 36.4 Å². The number of hydrogen-bond acceptors (Lipinski definition) is 4. The molecule has 3 rings (SSSR count). The quantitative estimate of drug-likeness (QED) is 0.657. The predicted octanol–water partition coefficient (Wildman–Crippen LogP) is 3.61. The zero-order chi connectivity index (χ0) is 13.9.